The van der Waals surface area contributed by atoms with E-state index in [0.717, 1.165) is 18.6 Å². The van der Waals surface area contributed by atoms with E-state index in [4.69, 9.17) is 5.26 Å². The van der Waals surface area contributed by atoms with Gasteiger partial charge in [-0.05, 0) is 12.8 Å². The van der Waals surface area contributed by atoms with Crippen LogP contribution in [0, 0.1) is 17.2 Å². The fourth-order valence-corrected chi connectivity index (χ4v) is 1.22. The van der Waals surface area contributed by atoms with Gasteiger partial charge in [-0.1, -0.05) is 25.4 Å². The van der Waals surface area contributed by atoms with Crippen LogP contribution in [-0.2, 0) is 9.63 Å². The standard InChI is InChI=1S/C11H18N2O2/c1-4-6-10(8-12)7-11(5-2)13-15-9(3)14/h10H,4-7H2,1-3H3. The summed E-state index contributed by atoms with van der Waals surface area (Å²) in [6, 6.07) is 2.23. The van der Waals surface area contributed by atoms with Gasteiger partial charge < -0.3 is 4.84 Å². The molecule has 0 N–H and O–H groups in total. The Bertz CT molecular complexity index is 266. The number of nitrogens with zero attached hydrogens (tertiary/aromatic N) is 2. The van der Waals surface area contributed by atoms with Crippen LogP contribution in [0.5, 0.6) is 0 Å². The summed E-state index contributed by atoms with van der Waals surface area (Å²) in [4.78, 5) is 15.1. The number of rotatable bonds is 6. The minimum absolute atomic E-state index is 0.0238. The Hall–Kier alpha value is -1.37. The van der Waals surface area contributed by atoms with Crippen molar-refractivity contribution >= 4 is 11.7 Å². The number of oxime groups is 1. The summed E-state index contributed by atoms with van der Waals surface area (Å²) in [6.07, 6.45) is 3.13. The highest BCUT2D eigenvalue weighted by molar-refractivity contribution is 5.84. The van der Waals surface area contributed by atoms with Crippen LogP contribution in [0.15, 0.2) is 5.16 Å². The zero-order valence-electron chi connectivity index (χ0n) is 9.62. The van der Waals surface area contributed by atoms with Crippen molar-refractivity contribution in [2.24, 2.45) is 11.1 Å². The van der Waals surface area contributed by atoms with Crippen LogP contribution in [-0.4, -0.2) is 11.7 Å². The van der Waals surface area contributed by atoms with E-state index in [0.29, 0.717) is 12.8 Å². The van der Waals surface area contributed by atoms with Gasteiger partial charge in [-0.3, -0.25) is 0 Å². The average molecular weight is 210 g/mol. The smallest absolute Gasteiger partial charge is 0.319 e. The van der Waals surface area contributed by atoms with Gasteiger partial charge in [0, 0.05) is 13.3 Å². The summed E-state index contributed by atoms with van der Waals surface area (Å²) < 4.78 is 0. The molecule has 0 spiro atoms. The van der Waals surface area contributed by atoms with Gasteiger partial charge in [0.15, 0.2) is 0 Å². The molecule has 0 aromatic heterocycles. The highest BCUT2D eigenvalue weighted by Crippen LogP contribution is 2.12. The first kappa shape index (κ1) is 13.6. The molecule has 0 aliphatic rings. The third-order valence-corrected chi connectivity index (χ3v) is 2.01. The van der Waals surface area contributed by atoms with Gasteiger partial charge in [-0.2, -0.15) is 5.26 Å². The maximum atomic E-state index is 10.6. The first-order valence-electron chi connectivity index (χ1n) is 5.26. The molecule has 1 unspecified atom stereocenters. The molecule has 4 heteroatoms. The topological polar surface area (TPSA) is 62.4 Å². The second kappa shape index (κ2) is 7.98. The fraction of sp³-hybridized carbons (Fsp3) is 0.727. The van der Waals surface area contributed by atoms with Crippen LogP contribution in [0.2, 0.25) is 0 Å². The molecule has 0 aliphatic carbocycles. The van der Waals surface area contributed by atoms with Crippen molar-refractivity contribution in [1.82, 2.24) is 0 Å². The summed E-state index contributed by atoms with van der Waals surface area (Å²) >= 11 is 0. The third kappa shape index (κ3) is 6.67. The minimum Gasteiger partial charge on any atom is -0.319 e. The van der Waals surface area contributed by atoms with Gasteiger partial charge in [-0.25, -0.2) is 4.79 Å². The van der Waals surface area contributed by atoms with Gasteiger partial charge in [-0.15, -0.1) is 0 Å². The zero-order valence-corrected chi connectivity index (χ0v) is 9.62. The Morgan fingerprint density at radius 1 is 1.53 bits per heavy atom. The highest BCUT2D eigenvalue weighted by Gasteiger charge is 2.10. The molecule has 0 aromatic carbocycles. The lowest BCUT2D eigenvalue weighted by Gasteiger charge is -2.07. The van der Waals surface area contributed by atoms with Crippen LogP contribution >= 0.6 is 0 Å². The monoisotopic (exact) mass is 210 g/mol. The summed E-state index contributed by atoms with van der Waals surface area (Å²) in [5, 5.41) is 12.6. The van der Waals surface area contributed by atoms with Gasteiger partial charge >= 0.3 is 5.97 Å². The Balaban J connectivity index is 4.24. The van der Waals surface area contributed by atoms with E-state index in [1.54, 1.807) is 0 Å². The van der Waals surface area contributed by atoms with Crippen molar-refractivity contribution in [3.63, 3.8) is 0 Å². The van der Waals surface area contributed by atoms with Crippen LogP contribution in [0.3, 0.4) is 0 Å². The van der Waals surface area contributed by atoms with Crippen molar-refractivity contribution in [1.29, 1.82) is 5.26 Å². The lowest BCUT2D eigenvalue weighted by atomic mass is 9.98. The fourth-order valence-electron chi connectivity index (χ4n) is 1.22. The number of carbonyl (C=O) groups excluding carboxylic acids is 1. The molecule has 0 heterocycles. The summed E-state index contributed by atoms with van der Waals surface area (Å²) in [5.74, 6) is -0.450. The van der Waals surface area contributed by atoms with E-state index < -0.39 is 5.97 Å². The van der Waals surface area contributed by atoms with Crippen molar-refractivity contribution in [3.8, 4) is 6.07 Å². The van der Waals surface area contributed by atoms with E-state index in [1.165, 1.54) is 6.92 Å². The molecule has 0 aliphatic heterocycles. The summed E-state index contributed by atoms with van der Waals surface area (Å²) in [6.45, 7) is 5.28. The Kier molecular flexibility index (Phi) is 7.25. The quantitative estimate of drug-likeness (QED) is 0.384. The molecule has 0 saturated carbocycles. The Morgan fingerprint density at radius 3 is 2.60 bits per heavy atom. The largest absolute Gasteiger partial charge is 0.331 e. The zero-order chi connectivity index (χ0) is 11.7. The van der Waals surface area contributed by atoms with Crippen molar-refractivity contribution < 1.29 is 9.63 Å². The second-order valence-electron chi connectivity index (χ2n) is 3.41. The molecular weight excluding hydrogens is 192 g/mol. The lowest BCUT2D eigenvalue weighted by molar-refractivity contribution is -0.140. The first-order valence-corrected chi connectivity index (χ1v) is 5.26. The van der Waals surface area contributed by atoms with E-state index >= 15 is 0 Å². The minimum atomic E-state index is -0.426. The maximum absolute atomic E-state index is 10.6. The number of hydrogen-bond donors (Lipinski definition) is 0. The van der Waals surface area contributed by atoms with E-state index in [-0.39, 0.29) is 5.92 Å². The molecule has 1 atom stereocenters. The van der Waals surface area contributed by atoms with E-state index in [2.05, 4.69) is 16.1 Å². The predicted molar refractivity (Wildman–Crippen MR) is 58.1 cm³/mol. The number of nitriles is 1. The SMILES string of the molecule is CCCC(C#N)CC(CC)=NOC(C)=O. The van der Waals surface area contributed by atoms with E-state index in [1.807, 2.05) is 13.8 Å². The van der Waals surface area contributed by atoms with Crippen LogP contribution in [0.1, 0.15) is 46.5 Å². The molecule has 0 bridgehead atoms. The Labute approximate surface area is 90.9 Å². The normalized spacial score (nSPS) is 13.1. The molecule has 4 nitrogen and oxygen atoms in total. The molecule has 84 valence electrons. The molecular formula is C11H18N2O2. The van der Waals surface area contributed by atoms with Crippen molar-refractivity contribution in [2.45, 2.75) is 46.5 Å². The van der Waals surface area contributed by atoms with Gasteiger partial charge in [0.05, 0.1) is 17.7 Å². The van der Waals surface area contributed by atoms with E-state index in [9.17, 15) is 4.79 Å². The summed E-state index contributed by atoms with van der Waals surface area (Å²) in [5.41, 5.74) is 0.769. The number of hydrogen-bond acceptors (Lipinski definition) is 4. The third-order valence-electron chi connectivity index (χ3n) is 2.01. The summed E-state index contributed by atoms with van der Waals surface area (Å²) in [7, 11) is 0. The average Bonchev–Trinajstić information content (AvgIpc) is 2.22. The second-order valence-corrected chi connectivity index (χ2v) is 3.41. The van der Waals surface area contributed by atoms with Crippen molar-refractivity contribution in [2.75, 3.05) is 0 Å². The molecule has 0 fully saturated rings. The molecule has 0 radical (unpaired) electrons. The molecule has 15 heavy (non-hydrogen) atoms. The highest BCUT2D eigenvalue weighted by atomic mass is 16.7. The van der Waals surface area contributed by atoms with Crippen LogP contribution in [0.4, 0.5) is 0 Å². The van der Waals surface area contributed by atoms with Crippen molar-refractivity contribution in [3.05, 3.63) is 0 Å². The molecule has 0 amide bonds. The maximum Gasteiger partial charge on any atom is 0.331 e. The Morgan fingerprint density at radius 2 is 2.20 bits per heavy atom. The van der Waals surface area contributed by atoms with Gasteiger partial charge in [0.25, 0.3) is 0 Å². The van der Waals surface area contributed by atoms with Gasteiger partial charge in [0.1, 0.15) is 0 Å². The molecule has 0 aromatic rings. The first-order chi connectivity index (χ1) is 7.13. The van der Waals surface area contributed by atoms with Crippen LogP contribution < -0.4 is 0 Å². The predicted octanol–water partition coefficient (Wildman–Crippen LogP) is 2.65. The number of carbonyl (C=O) groups is 1. The molecule has 0 rings (SSSR count). The lowest BCUT2D eigenvalue weighted by Crippen LogP contribution is -2.07. The molecule has 0 saturated heterocycles. The van der Waals surface area contributed by atoms with Gasteiger partial charge in [0.2, 0.25) is 0 Å². The van der Waals surface area contributed by atoms with Crippen LogP contribution in [0.25, 0.3) is 0 Å².